The number of pyridine rings is 1. The van der Waals surface area contributed by atoms with Gasteiger partial charge in [0.15, 0.2) is 0 Å². The second-order valence-electron chi connectivity index (χ2n) is 8.57. The van der Waals surface area contributed by atoms with Crippen LogP contribution in [0.25, 0.3) is 22.4 Å². The van der Waals surface area contributed by atoms with E-state index in [2.05, 4.69) is 20.8 Å². The molecule has 0 bridgehead atoms. The van der Waals surface area contributed by atoms with Crippen LogP contribution in [0.2, 0.25) is 0 Å². The Bertz CT molecular complexity index is 1340. The fraction of sp³-hybridized carbons (Fsp3) is 0.231. The molecule has 2 amide bonds. The van der Waals surface area contributed by atoms with E-state index in [1.807, 2.05) is 50.2 Å². The maximum Gasteiger partial charge on any atom is 0.259 e. The van der Waals surface area contributed by atoms with E-state index in [-0.39, 0.29) is 17.9 Å². The Morgan fingerprint density at radius 2 is 1.70 bits per heavy atom. The highest BCUT2D eigenvalue weighted by atomic mass is 16.5. The number of para-hydroxylation sites is 1. The van der Waals surface area contributed by atoms with E-state index in [1.165, 1.54) is 0 Å². The summed E-state index contributed by atoms with van der Waals surface area (Å²) >= 11 is 0. The standard InChI is InChI=1S/C26H24N4O3/c1-15(2)27-24(31)18-10-6-7-11-20(18)28-25(32)19-14-21(16-12-13-16)29-26-22(19)23(30-33-26)17-8-4-3-5-9-17/h3-11,14-16H,12-13H2,1-2H3,(H,27,31)(H,28,32). The summed E-state index contributed by atoms with van der Waals surface area (Å²) in [6, 6.07) is 18.3. The largest absolute Gasteiger partial charge is 0.350 e. The topological polar surface area (TPSA) is 97.1 Å². The predicted octanol–water partition coefficient (Wildman–Crippen LogP) is 5.16. The highest BCUT2D eigenvalue weighted by Gasteiger charge is 2.29. The molecule has 1 aliphatic rings. The zero-order valence-corrected chi connectivity index (χ0v) is 18.5. The SMILES string of the molecule is CC(C)NC(=O)c1ccccc1NC(=O)c1cc(C2CC2)nc2onc(-c3ccccc3)c12. The first-order valence-corrected chi connectivity index (χ1v) is 11.1. The molecule has 0 unspecified atom stereocenters. The highest BCUT2D eigenvalue weighted by Crippen LogP contribution is 2.41. The van der Waals surface area contributed by atoms with Crippen LogP contribution in [0, 0.1) is 0 Å². The van der Waals surface area contributed by atoms with Crippen LogP contribution in [0.1, 0.15) is 59.0 Å². The van der Waals surface area contributed by atoms with E-state index < -0.39 is 0 Å². The molecule has 0 spiro atoms. The lowest BCUT2D eigenvalue weighted by Gasteiger charge is -2.14. The molecule has 33 heavy (non-hydrogen) atoms. The third kappa shape index (κ3) is 4.22. The monoisotopic (exact) mass is 440 g/mol. The first-order valence-electron chi connectivity index (χ1n) is 11.1. The molecule has 0 atom stereocenters. The molecule has 1 fully saturated rings. The number of fused-ring (bicyclic) bond motifs is 1. The average molecular weight is 441 g/mol. The molecular weight excluding hydrogens is 416 g/mol. The van der Waals surface area contributed by atoms with Crippen LogP contribution in [0.5, 0.6) is 0 Å². The summed E-state index contributed by atoms with van der Waals surface area (Å²) in [5.41, 5.74) is 3.85. The fourth-order valence-corrected chi connectivity index (χ4v) is 3.85. The zero-order chi connectivity index (χ0) is 22.9. The van der Waals surface area contributed by atoms with Crippen LogP contribution in [-0.2, 0) is 0 Å². The van der Waals surface area contributed by atoms with Crippen molar-refractivity contribution < 1.29 is 14.1 Å². The highest BCUT2D eigenvalue weighted by molar-refractivity contribution is 6.16. The summed E-state index contributed by atoms with van der Waals surface area (Å²) in [5.74, 6) is -0.251. The number of carbonyl (C=O) groups is 2. The van der Waals surface area contributed by atoms with Crippen molar-refractivity contribution in [1.82, 2.24) is 15.5 Å². The van der Waals surface area contributed by atoms with E-state index >= 15 is 0 Å². The Hall–Kier alpha value is -4.00. The molecule has 7 nitrogen and oxygen atoms in total. The van der Waals surface area contributed by atoms with Crippen LogP contribution < -0.4 is 10.6 Å². The van der Waals surface area contributed by atoms with Crippen LogP contribution in [0.15, 0.2) is 65.2 Å². The van der Waals surface area contributed by atoms with Gasteiger partial charge in [-0.05, 0) is 44.9 Å². The van der Waals surface area contributed by atoms with E-state index in [1.54, 1.807) is 24.3 Å². The summed E-state index contributed by atoms with van der Waals surface area (Å²) in [5, 5.41) is 10.6. The van der Waals surface area contributed by atoms with Gasteiger partial charge in [-0.25, -0.2) is 4.98 Å². The summed E-state index contributed by atoms with van der Waals surface area (Å²) in [6.45, 7) is 3.78. The van der Waals surface area contributed by atoms with Gasteiger partial charge in [-0.15, -0.1) is 0 Å². The van der Waals surface area contributed by atoms with Crippen molar-refractivity contribution >= 4 is 28.6 Å². The molecule has 7 heteroatoms. The third-order valence-corrected chi connectivity index (χ3v) is 5.59. The predicted molar refractivity (Wildman–Crippen MR) is 126 cm³/mol. The Kier molecular flexibility index (Phi) is 5.38. The number of anilines is 1. The van der Waals surface area contributed by atoms with Crippen molar-refractivity contribution in [2.75, 3.05) is 5.32 Å². The van der Waals surface area contributed by atoms with E-state index in [9.17, 15) is 9.59 Å². The van der Waals surface area contributed by atoms with E-state index in [4.69, 9.17) is 4.52 Å². The number of nitrogens with one attached hydrogen (secondary N) is 2. The van der Waals surface area contributed by atoms with Crippen LogP contribution in [0.4, 0.5) is 5.69 Å². The Morgan fingerprint density at radius 3 is 2.42 bits per heavy atom. The average Bonchev–Trinajstić information content (AvgIpc) is 3.58. The van der Waals surface area contributed by atoms with Crippen molar-refractivity contribution in [2.24, 2.45) is 0 Å². The van der Waals surface area contributed by atoms with Gasteiger partial charge in [0, 0.05) is 23.2 Å². The summed E-state index contributed by atoms with van der Waals surface area (Å²) in [4.78, 5) is 30.9. The molecule has 1 aliphatic carbocycles. The number of hydrogen-bond acceptors (Lipinski definition) is 5. The van der Waals surface area contributed by atoms with Crippen molar-refractivity contribution in [3.63, 3.8) is 0 Å². The lowest BCUT2D eigenvalue weighted by molar-refractivity contribution is 0.0944. The molecule has 5 rings (SSSR count). The molecule has 2 N–H and O–H groups in total. The van der Waals surface area contributed by atoms with E-state index in [0.717, 1.165) is 24.1 Å². The first-order chi connectivity index (χ1) is 16.0. The summed E-state index contributed by atoms with van der Waals surface area (Å²) in [6.07, 6.45) is 2.08. The second kappa shape index (κ2) is 8.50. The normalized spacial score (nSPS) is 13.3. The molecule has 2 heterocycles. The summed E-state index contributed by atoms with van der Waals surface area (Å²) < 4.78 is 5.56. The summed E-state index contributed by atoms with van der Waals surface area (Å²) in [7, 11) is 0. The molecule has 1 saturated carbocycles. The van der Waals surface area contributed by atoms with Gasteiger partial charge >= 0.3 is 0 Å². The zero-order valence-electron chi connectivity index (χ0n) is 18.5. The van der Waals surface area contributed by atoms with Gasteiger partial charge < -0.3 is 15.2 Å². The lowest BCUT2D eigenvalue weighted by atomic mass is 10.0. The number of aromatic nitrogens is 2. The number of nitrogens with zero attached hydrogens (tertiary/aromatic N) is 2. The Morgan fingerprint density at radius 1 is 0.970 bits per heavy atom. The number of amides is 2. The lowest BCUT2D eigenvalue weighted by Crippen LogP contribution is -2.31. The van der Waals surface area contributed by atoms with E-state index in [0.29, 0.717) is 39.5 Å². The van der Waals surface area contributed by atoms with Gasteiger partial charge in [-0.1, -0.05) is 47.6 Å². The number of carbonyl (C=O) groups excluding carboxylic acids is 2. The van der Waals surface area contributed by atoms with Gasteiger partial charge in [0.1, 0.15) is 5.69 Å². The molecular formula is C26H24N4O3. The second-order valence-corrected chi connectivity index (χ2v) is 8.57. The van der Waals surface area contributed by atoms with Crippen molar-refractivity contribution in [3.8, 4) is 11.3 Å². The van der Waals surface area contributed by atoms with Crippen molar-refractivity contribution in [1.29, 1.82) is 0 Å². The molecule has 4 aromatic rings. The first kappa shape index (κ1) is 20.9. The maximum atomic E-state index is 13.6. The molecule has 0 radical (unpaired) electrons. The van der Waals surface area contributed by atoms with Crippen LogP contribution >= 0.6 is 0 Å². The van der Waals surface area contributed by atoms with Crippen molar-refractivity contribution in [2.45, 2.75) is 38.6 Å². The third-order valence-electron chi connectivity index (χ3n) is 5.59. The number of rotatable bonds is 6. The van der Waals surface area contributed by atoms with Gasteiger partial charge in [-0.3, -0.25) is 9.59 Å². The minimum atomic E-state index is -0.338. The molecule has 166 valence electrons. The fourth-order valence-electron chi connectivity index (χ4n) is 3.85. The van der Waals surface area contributed by atoms with Crippen molar-refractivity contribution in [3.05, 3.63) is 77.5 Å². The smallest absolute Gasteiger partial charge is 0.259 e. The Labute approximate surface area is 191 Å². The van der Waals surface area contributed by atoms with Gasteiger partial charge in [0.25, 0.3) is 17.5 Å². The van der Waals surface area contributed by atoms with Crippen LogP contribution in [-0.4, -0.2) is 28.0 Å². The number of benzene rings is 2. The number of hydrogen-bond donors (Lipinski definition) is 2. The molecule has 0 aliphatic heterocycles. The quantitative estimate of drug-likeness (QED) is 0.432. The molecule has 2 aromatic heterocycles. The van der Waals surface area contributed by atoms with Gasteiger partial charge in [0.2, 0.25) is 0 Å². The van der Waals surface area contributed by atoms with Gasteiger partial charge in [0.05, 0.1) is 22.2 Å². The Balaban J connectivity index is 1.58. The minimum Gasteiger partial charge on any atom is -0.350 e. The maximum absolute atomic E-state index is 13.6. The van der Waals surface area contributed by atoms with Crippen LogP contribution in [0.3, 0.4) is 0 Å². The molecule has 2 aromatic carbocycles. The minimum absolute atomic E-state index is 0.0207. The molecule has 0 saturated heterocycles. The van der Waals surface area contributed by atoms with Gasteiger partial charge in [-0.2, -0.15) is 0 Å².